The molecular formula is C26H26N4O2. The first-order valence-electron chi connectivity index (χ1n) is 11.3. The number of aryl methyl sites for hydroxylation is 1. The maximum atomic E-state index is 9.44. The number of aromatic nitrogens is 3. The highest BCUT2D eigenvalue weighted by Crippen LogP contribution is 2.44. The first kappa shape index (κ1) is 19.3. The topological polar surface area (TPSA) is 85.7 Å². The van der Waals surface area contributed by atoms with Crippen molar-refractivity contribution >= 4 is 11.3 Å². The van der Waals surface area contributed by atoms with Crippen LogP contribution in [0.3, 0.4) is 0 Å². The first-order chi connectivity index (χ1) is 15.7. The molecule has 0 bridgehead atoms. The van der Waals surface area contributed by atoms with Crippen LogP contribution in [0.1, 0.15) is 48.2 Å². The second-order valence-corrected chi connectivity index (χ2v) is 8.94. The van der Waals surface area contributed by atoms with E-state index < -0.39 is 0 Å². The fourth-order valence-electron chi connectivity index (χ4n) is 5.09. The van der Waals surface area contributed by atoms with E-state index in [2.05, 4.69) is 51.8 Å². The molecule has 2 aromatic carbocycles. The Hall–Kier alpha value is -3.38. The number of fused-ring (bicyclic) bond motifs is 2. The van der Waals surface area contributed by atoms with Gasteiger partial charge in [-0.15, -0.1) is 0 Å². The number of aliphatic hydroxyl groups is 1. The van der Waals surface area contributed by atoms with Crippen LogP contribution in [0, 0.1) is 5.92 Å². The summed E-state index contributed by atoms with van der Waals surface area (Å²) in [5.41, 5.74) is 11.4. The van der Waals surface area contributed by atoms with E-state index in [4.69, 9.17) is 15.5 Å². The molecule has 0 unspecified atom stereocenters. The lowest BCUT2D eigenvalue weighted by molar-refractivity contribution is 0.138. The Morgan fingerprint density at radius 1 is 1.12 bits per heavy atom. The van der Waals surface area contributed by atoms with Crippen molar-refractivity contribution in [1.82, 2.24) is 14.4 Å². The lowest BCUT2D eigenvalue weighted by Crippen LogP contribution is -2.26. The highest BCUT2D eigenvalue weighted by atomic mass is 16.5. The average molecular weight is 427 g/mol. The predicted molar refractivity (Wildman–Crippen MR) is 124 cm³/mol. The zero-order chi connectivity index (χ0) is 21.7. The molecule has 1 atom stereocenters. The Morgan fingerprint density at radius 3 is 2.78 bits per heavy atom. The molecule has 0 amide bonds. The molecule has 3 heterocycles. The zero-order valence-corrected chi connectivity index (χ0v) is 17.8. The van der Waals surface area contributed by atoms with Crippen LogP contribution in [-0.4, -0.2) is 26.1 Å². The molecule has 1 fully saturated rings. The van der Waals surface area contributed by atoms with Gasteiger partial charge in [-0.1, -0.05) is 42.5 Å². The summed E-state index contributed by atoms with van der Waals surface area (Å²) < 4.78 is 8.50. The summed E-state index contributed by atoms with van der Waals surface area (Å²) in [6.07, 6.45) is 7.57. The van der Waals surface area contributed by atoms with Gasteiger partial charge in [0.15, 0.2) is 0 Å². The Morgan fingerprint density at radius 2 is 1.97 bits per heavy atom. The molecule has 1 aliphatic heterocycles. The summed E-state index contributed by atoms with van der Waals surface area (Å²) in [6, 6.07) is 16.7. The molecule has 32 heavy (non-hydrogen) atoms. The number of benzene rings is 2. The van der Waals surface area contributed by atoms with Crippen molar-refractivity contribution in [2.75, 3.05) is 12.3 Å². The summed E-state index contributed by atoms with van der Waals surface area (Å²) in [6.45, 7) is 0.237. The van der Waals surface area contributed by atoms with Crippen LogP contribution >= 0.6 is 0 Å². The number of hydrogen-bond donors (Lipinski definition) is 2. The van der Waals surface area contributed by atoms with E-state index in [9.17, 15) is 5.11 Å². The normalized spacial score (nSPS) is 22.2. The van der Waals surface area contributed by atoms with E-state index in [0.29, 0.717) is 17.7 Å². The third-order valence-electron chi connectivity index (χ3n) is 6.93. The molecule has 6 nitrogen and oxygen atoms in total. The number of aliphatic hydroxyl groups excluding tert-OH is 1. The fraction of sp³-hybridized carbons (Fsp3) is 0.308. The van der Waals surface area contributed by atoms with Gasteiger partial charge in [0, 0.05) is 30.5 Å². The smallest absolute Gasteiger partial charge is 0.150 e. The summed E-state index contributed by atoms with van der Waals surface area (Å²) >= 11 is 0. The van der Waals surface area contributed by atoms with Gasteiger partial charge in [0.2, 0.25) is 0 Å². The Bertz CT molecular complexity index is 1280. The zero-order valence-electron chi connectivity index (χ0n) is 17.8. The molecule has 1 aliphatic carbocycles. The van der Waals surface area contributed by atoms with E-state index in [1.165, 1.54) is 11.1 Å². The number of nitrogen functional groups attached to an aromatic ring is 1. The molecule has 4 aromatic rings. The van der Waals surface area contributed by atoms with Crippen LogP contribution in [0.5, 0.6) is 5.75 Å². The SMILES string of the molecule is Nc1nccn2c(C3CC(CO)C3)nc(-c3ccc4c(c3)O[C@@H](c3ccccc3)CC4)c12. The number of imidazole rings is 1. The molecule has 2 aliphatic rings. The molecule has 6 rings (SSSR count). The largest absolute Gasteiger partial charge is 0.485 e. The van der Waals surface area contributed by atoms with Gasteiger partial charge in [-0.2, -0.15) is 0 Å². The van der Waals surface area contributed by atoms with Gasteiger partial charge in [0.1, 0.15) is 34.7 Å². The molecule has 0 saturated heterocycles. The van der Waals surface area contributed by atoms with Crippen molar-refractivity contribution in [2.45, 2.75) is 37.7 Å². The molecular weight excluding hydrogens is 400 g/mol. The summed E-state index contributed by atoms with van der Waals surface area (Å²) in [5, 5.41) is 9.44. The van der Waals surface area contributed by atoms with Gasteiger partial charge >= 0.3 is 0 Å². The van der Waals surface area contributed by atoms with Crippen LogP contribution in [-0.2, 0) is 6.42 Å². The molecule has 162 valence electrons. The lowest BCUT2D eigenvalue weighted by Gasteiger charge is -2.33. The van der Waals surface area contributed by atoms with Gasteiger partial charge in [-0.3, -0.25) is 4.40 Å². The van der Waals surface area contributed by atoms with Crippen LogP contribution in [0.2, 0.25) is 0 Å². The maximum absolute atomic E-state index is 9.44. The first-order valence-corrected chi connectivity index (χ1v) is 11.3. The molecule has 0 radical (unpaired) electrons. The Balaban J connectivity index is 1.40. The Kier molecular flexibility index (Phi) is 4.61. The molecule has 6 heteroatoms. The number of rotatable bonds is 4. The van der Waals surface area contributed by atoms with E-state index in [0.717, 1.165) is 54.0 Å². The van der Waals surface area contributed by atoms with E-state index in [-0.39, 0.29) is 12.7 Å². The van der Waals surface area contributed by atoms with E-state index in [1.807, 2.05) is 12.3 Å². The standard InChI is InChI=1S/C26H26N4O2/c27-25-24-23(29-26(30(24)11-10-28-25)20-12-16(13-20)15-31)19-7-6-18-8-9-21(32-22(18)14-19)17-4-2-1-3-5-17/h1-7,10-11,14,16,20-21,31H,8-9,12-13,15H2,(H2,27,28)/t16?,20?,21-/m1/s1. The number of ether oxygens (including phenoxy) is 1. The quantitative estimate of drug-likeness (QED) is 0.501. The van der Waals surface area contributed by atoms with Gasteiger partial charge in [0.05, 0.1) is 0 Å². The van der Waals surface area contributed by atoms with Gasteiger partial charge in [-0.05, 0) is 48.8 Å². The van der Waals surface area contributed by atoms with Crippen LogP contribution in [0.4, 0.5) is 5.82 Å². The van der Waals surface area contributed by atoms with Crippen molar-refractivity contribution in [3.8, 4) is 17.0 Å². The second-order valence-electron chi connectivity index (χ2n) is 8.94. The van der Waals surface area contributed by atoms with E-state index >= 15 is 0 Å². The minimum absolute atomic E-state index is 0.0605. The average Bonchev–Trinajstić information content (AvgIpc) is 3.19. The molecule has 2 aromatic heterocycles. The third-order valence-corrected chi connectivity index (χ3v) is 6.93. The monoisotopic (exact) mass is 426 g/mol. The molecule has 0 spiro atoms. The third kappa shape index (κ3) is 3.14. The molecule has 1 saturated carbocycles. The maximum Gasteiger partial charge on any atom is 0.150 e. The summed E-state index contributed by atoms with van der Waals surface area (Å²) in [5.74, 6) is 3.07. The summed E-state index contributed by atoms with van der Waals surface area (Å²) in [4.78, 5) is 9.37. The van der Waals surface area contributed by atoms with Crippen molar-refractivity contribution < 1.29 is 9.84 Å². The lowest BCUT2D eigenvalue weighted by atomic mass is 9.75. The van der Waals surface area contributed by atoms with E-state index in [1.54, 1.807) is 6.20 Å². The van der Waals surface area contributed by atoms with Crippen molar-refractivity contribution in [1.29, 1.82) is 0 Å². The minimum atomic E-state index is 0.0605. The van der Waals surface area contributed by atoms with Crippen LogP contribution < -0.4 is 10.5 Å². The number of nitrogens with two attached hydrogens (primary N) is 1. The van der Waals surface area contributed by atoms with Crippen LogP contribution in [0.25, 0.3) is 16.8 Å². The van der Waals surface area contributed by atoms with Gasteiger partial charge < -0.3 is 15.6 Å². The highest BCUT2D eigenvalue weighted by molar-refractivity contribution is 5.86. The van der Waals surface area contributed by atoms with Crippen molar-refractivity contribution in [3.63, 3.8) is 0 Å². The van der Waals surface area contributed by atoms with Crippen molar-refractivity contribution in [2.24, 2.45) is 5.92 Å². The Labute approximate surface area is 186 Å². The van der Waals surface area contributed by atoms with Crippen LogP contribution in [0.15, 0.2) is 60.9 Å². The number of nitrogens with zero attached hydrogens (tertiary/aromatic N) is 3. The predicted octanol–water partition coefficient (Wildman–Crippen LogP) is 4.53. The number of anilines is 1. The van der Waals surface area contributed by atoms with Gasteiger partial charge in [0.25, 0.3) is 0 Å². The van der Waals surface area contributed by atoms with Gasteiger partial charge in [-0.25, -0.2) is 9.97 Å². The second kappa shape index (κ2) is 7.64. The highest BCUT2D eigenvalue weighted by Gasteiger charge is 2.34. The minimum Gasteiger partial charge on any atom is -0.485 e. The summed E-state index contributed by atoms with van der Waals surface area (Å²) in [7, 11) is 0. The molecule has 3 N–H and O–H groups in total. The number of hydrogen-bond acceptors (Lipinski definition) is 5. The fourth-order valence-corrected chi connectivity index (χ4v) is 5.09. The van der Waals surface area contributed by atoms with Crippen molar-refractivity contribution in [3.05, 3.63) is 77.9 Å².